The summed E-state index contributed by atoms with van der Waals surface area (Å²) in [7, 11) is 0. The van der Waals surface area contributed by atoms with Crippen LogP contribution in [0.25, 0.3) is 0 Å². The third-order valence-corrected chi connectivity index (χ3v) is 3.62. The van der Waals surface area contributed by atoms with E-state index in [1.807, 2.05) is 13.8 Å². The zero-order valence-electron chi connectivity index (χ0n) is 12.8. The van der Waals surface area contributed by atoms with E-state index in [1.54, 1.807) is 25.1 Å². The van der Waals surface area contributed by atoms with E-state index in [-0.39, 0.29) is 0 Å². The Hall–Kier alpha value is -1.75. The van der Waals surface area contributed by atoms with Gasteiger partial charge in [-0.05, 0) is 37.1 Å². The van der Waals surface area contributed by atoms with Crippen LogP contribution in [-0.4, -0.2) is 30.8 Å². The van der Waals surface area contributed by atoms with Gasteiger partial charge in [0.05, 0.1) is 13.2 Å². The Morgan fingerprint density at radius 2 is 2.00 bits per heavy atom. The Kier molecular flexibility index (Phi) is 4.73. The van der Waals surface area contributed by atoms with Crippen LogP contribution < -0.4 is 14.8 Å². The first-order valence-corrected chi connectivity index (χ1v) is 7.32. The molecule has 1 unspecified atom stereocenters. The molecule has 0 aliphatic carbocycles. The molecule has 0 radical (unpaired) electrons. The average molecular weight is 293 g/mol. The highest BCUT2D eigenvalue weighted by molar-refractivity contribution is 5.80. The van der Waals surface area contributed by atoms with E-state index in [0.29, 0.717) is 42.7 Å². The van der Waals surface area contributed by atoms with E-state index in [2.05, 4.69) is 5.32 Å². The normalized spacial score (nSPS) is 17.1. The lowest BCUT2D eigenvalue weighted by Crippen LogP contribution is -2.48. The summed E-state index contributed by atoms with van der Waals surface area (Å²) in [5.41, 5.74) is -0.477. The van der Waals surface area contributed by atoms with Crippen LogP contribution in [0.5, 0.6) is 11.5 Å². The maximum absolute atomic E-state index is 11.7. The average Bonchev–Trinajstić information content (AvgIpc) is 2.68. The number of aliphatic carboxylic acids is 1. The van der Waals surface area contributed by atoms with E-state index < -0.39 is 11.5 Å². The number of benzene rings is 1. The number of carboxylic acid groups (broad SMARTS) is 1. The van der Waals surface area contributed by atoms with Gasteiger partial charge in [0, 0.05) is 6.42 Å². The van der Waals surface area contributed by atoms with E-state index in [4.69, 9.17) is 9.47 Å². The molecular formula is C16H23NO4. The largest absolute Gasteiger partial charge is 0.490 e. The SMILES string of the molecule is CC(C)CNC(C)(C(=O)O)c1ccc2c(c1)OCCCO2. The third kappa shape index (κ3) is 3.47. The van der Waals surface area contributed by atoms with Gasteiger partial charge in [0.25, 0.3) is 0 Å². The molecule has 1 atom stereocenters. The first kappa shape index (κ1) is 15.6. The lowest BCUT2D eigenvalue weighted by Gasteiger charge is -2.28. The number of hydrogen-bond donors (Lipinski definition) is 2. The van der Waals surface area contributed by atoms with Crippen LogP contribution in [-0.2, 0) is 10.3 Å². The summed E-state index contributed by atoms with van der Waals surface area (Å²) >= 11 is 0. The summed E-state index contributed by atoms with van der Waals surface area (Å²) in [6.45, 7) is 7.59. The number of fused-ring (bicyclic) bond motifs is 1. The summed E-state index contributed by atoms with van der Waals surface area (Å²) in [5.74, 6) is 0.749. The summed E-state index contributed by atoms with van der Waals surface area (Å²) in [4.78, 5) is 11.7. The second-order valence-corrected chi connectivity index (χ2v) is 5.92. The van der Waals surface area contributed by atoms with Crippen LogP contribution in [0.15, 0.2) is 18.2 Å². The van der Waals surface area contributed by atoms with Crippen molar-refractivity contribution in [2.24, 2.45) is 5.92 Å². The number of hydrogen-bond acceptors (Lipinski definition) is 4. The number of carboxylic acids is 1. The Morgan fingerprint density at radius 1 is 1.33 bits per heavy atom. The molecule has 5 nitrogen and oxygen atoms in total. The number of ether oxygens (including phenoxy) is 2. The van der Waals surface area contributed by atoms with Crippen LogP contribution in [0, 0.1) is 5.92 Å². The molecule has 1 aromatic carbocycles. The van der Waals surface area contributed by atoms with Crippen molar-refractivity contribution in [2.45, 2.75) is 32.7 Å². The molecule has 1 aromatic rings. The molecule has 116 valence electrons. The molecule has 0 fully saturated rings. The summed E-state index contributed by atoms with van der Waals surface area (Å²) < 4.78 is 11.2. The quantitative estimate of drug-likeness (QED) is 0.872. The summed E-state index contributed by atoms with van der Waals surface area (Å²) in [6.07, 6.45) is 0.825. The number of nitrogens with one attached hydrogen (secondary N) is 1. The third-order valence-electron chi connectivity index (χ3n) is 3.62. The zero-order valence-corrected chi connectivity index (χ0v) is 12.8. The molecule has 0 saturated heterocycles. The van der Waals surface area contributed by atoms with E-state index in [1.165, 1.54) is 0 Å². The number of carbonyl (C=O) groups is 1. The van der Waals surface area contributed by atoms with Gasteiger partial charge in [0.15, 0.2) is 11.5 Å². The van der Waals surface area contributed by atoms with Crippen LogP contribution in [0.4, 0.5) is 0 Å². The van der Waals surface area contributed by atoms with Gasteiger partial charge in [0.2, 0.25) is 0 Å². The van der Waals surface area contributed by atoms with Gasteiger partial charge in [-0.2, -0.15) is 0 Å². The standard InChI is InChI=1S/C16H23NO4/c1-11(2)10-17-16(3,15(18)19)12-5-6-13-14(9-12)21-8-4-7-20-13/h5-6,9,11,17H,4,7-8,10H2,1-3H3,(H,18,19). The predicted molar refractivity (Wildman–Crippen MR) is 79.9 cm³/mol. The van der Waals surface area contributed by atoms with Crippen molar-refractivity contribution in [2.75, 3.05) is 19.8 Å². The predicted octanol–water partition coefficient (Wildman–Crippen LogP) is 2.39. The highest BCUT2D eigenvalue weighted by Gasteiger charge is 2.35. The van der Waals surface area contributed by atoms with Gasteiger partial charge >= 0.3 is 5.97 Å². The topological polar surface area (TPSA) is 67.8 Å². The molecule has 0 saturated carbocycles. The summed E-state index contributed by atoms with van der Waals surface area (Å²) in [5, 5.41) is 12.8. The van der Waals surface area contributed by atoms with Gasteiger partial charge in [-0.1, -0.05) is 19.9 Å². The van der Waals surface area contributed by atoms with E-state index in [9.17, 15) is 9.90 Å². The van der Waals surface area contributed by atoms with Crippen LogP contribution in [0.1, 0.15) is 32.8 Å². The molecule has 0 bridgehead atoms. The zero-order chi connectivity index (χ0) is 15.5. The molecule has 0 aromatic heterocycles. The molecule has 1 heterocycles. The van der Waals surface area contributed by atoms with Crippen molar-refractivity contribution in [3.05, 3.63) is 23.8 Å². The van der Waals surface area contributed by atoms with Gasteiger partial charge in [-0.15, -0.1) is 0 Å². The molecule has 21 heavy (non-hydrogen) atoms. The van der Waals surface area contributed by atoms with E-state index in [0.717, 1.165) is 6.42 Å². The lowest BCUT2D eigenvalue weighted by atomic mass is 9.91. The van der Waals surface area contributed by atoms with Gasteiger partial charge < -0.3 is 14.6 Å². The molecule has 2 rings (SSSR count). The fourth-order valence-electron chi connectivity index (χ4n) is 2.18. The van der Waals surface area contributed by atoms with Crippen molar-refractivity contribution in [1.82, 2.24) is 5.32 Å². The molecular weight excluding hydrogens is 270 g/mol. The van der Waals surface area contributed by atoms with E-state index >= 15 is 0 Å². The van der Waals surface area contributed by atoms with Crippen LogP contribution >= 0.6 is 0 Å². The van der Waals surface area contributed by atoms with Crippen molar-refractivity contribution in [1.29, 1.82) is 0 Å². The van der Waals surface area contributed by atoms with Gasteiger partial charge in [-0.25, -0.2) is 4.79 Å². The fourth-order valence-corrected chi connectivity index (χ4v) is 2.18. The smallest absolute Gasteiger partial charge is 0.328 e. The van der Waals surface area contributed by atoms with Crippen molar-refractivity contribution >= 4 is 5.97 Å². The van der Waals surface area contributed by atoms with Crippen LogP contribution in [0.2, 0.25) is 0 Å². The second kappa shape index (κ2) is 6.35. The Bertz CT molecular complexity index is 515. The van der Waals surface area contributed by atoms with Crippen molar-refractivity contribution in [3.63, 3.8) is 0 Å². The van der Waals surface area contributed by atoms with Gasteiger partial charge in [-0.3, -0.25) is 5.32 Å². The second-order valence-electron chi connectivity index (χ2n) is 5.92. The molecule has 0 spiro atoms. The minimum atomic E-state index is -1.14. The maximum Gasteiger partial charge on any atom is 0.328 e. The van der Waals surface area contributed by atoms with Crippen LogP contribution in [0.3, 0.4) is 0 Å². The minimum Gasteiger partial charge on any atom is -0.490 e. The molecule has 0 amide bonds. The van der Waals surface area contributed by atoms with Crippen molar-refractivity contribution in [3.8, 4) is 11.5 Å². The molecule has 1 aliphatic heterocycles. The maximum atomic E-state index is 11.7. The lowest BCUT2D eigenvalue weighted by molar-refractivity contribution is -0.144. The molecule has 2 N–H and O–H groups in total. The monoisotopic (exact) mass is 293 g/mol. The highest BCUT2D eigenvalue weighted by atomic mass is 16.5. The highest BCUT2D eigenvalue weighted by Crippen LogP contribution is 2.34. The molecule has 5 heteroatoms. The summed E-state index contributed by atoms with van der Waals surface area (Å²) in [6, 6.07) is 5.34. The first-order chi connectivity index (χ1) is 9.93. The minimum absolute atomic E-state index is 0.365. The Morgan fingerprint density at radius 3 is 2.62 bits per heavy atom. The Labute approximate surface area is 125 Å². The Balaban J connectivity index is 2.32. The number of rotatable bonds is 5. The van der Waals surface area contributed by atoms with Crippen molar-refractivity contribution < 1.29 is 19.4 Å². The fraction of sp³-hybridized carbons (Fsp3) is 0.562. The molecule has 1 aliphatic rings. The first-order valence-electron chi connectivity index (χ1n) is 7.32. The van der Waals surface area contributed by atoms with Gasteiger partial charge in [0.1, 0.15) is 5.54 Å².